The second kappa shape index (κ2) is 7.65. The van der Waals surface area contributed by atoms with Crippen molar-refractivity contribution >= 4 is 40.6 Å². The molecule has 1 aliphatic rings. The van der Waals surface area contributed by atoms with Crippen LogP contribution in [-0.4, -0.2) is 27.4 Å². The first kappa shape index (κ1) is 18.5. The first-order valence-electron chi connectivity index (χ1n) is 8.57. The number of amides is 1. The molecule has 1 aliphatic carbocycles. The zero-order valence-corrected chi connectivity index (χ0v) is 15.6. The summed E-state index contributed by atoms with van der Waals surface area (Å²) in [5.74, 6) is -0.798. The number of fused-ring (bicyclic) bond motifs is 1. The van der Waals surface area contributed by atoms with Gasteiger partial charge in [0.05, 0.1) is 6.20 Å². The Bertz CT molecular complexity index is 1160. The Hall–Kier alpha value is -3.84. The van der Waals surface area contributed by atoms with Gasteiger partial charge in [0, 0.05) is 34.8 Å². The van der Waals surface area contributed by atoms with Gasteiger partial charge in [0.1, 0.15) is 10.7 Å². The van der Waals surface area contributed by atoms with E-state index in [0.29, 0.717) is 22.6 Å². The van der Waals surface area contributed by atoms with Gasteiger partial charge in [0.15, 0.2) is 5.82 Å². The molecule has 0 unspecified atom stereocenters. The number of carbonyl (C=O) groups excluding carboxylic acids is 3. The van der Waals surface area contributed by atoms with Gasteiger partial charge in [-0.2, -0.15) is 0 Å². The SMILES string of the molecule is O=C(Nc1cnccn1)c1ccc(NC2=C(Cl)C(=O)c3ccccc3C2=O)cc1. The topological polar surface area (TPSA) is 101 Å². The summed E-state index contributed by atoms with van der Waals surface area (Å²) < 4.78 is 0. The monoisotopic (exact) mass is 404 g/mol. The Kier molecular flexibility index (Phi) is 4.88. The van der Waals surface area contributed by atoms with E-state index in [9.17, 15) is 14.4 Å². The van der Waals surface area contributed by atoms with Crippen LogP contribution in [0.2, 0.25) is 0 Å². The number of rotatable bonds is 4. The van der Waals surface area contributed by atoms with Gasteiger partial charge in [-0.3, -0.25) is 19.4 Å². The molecule has 2 N–H and O–H groups in total. The molecule has 0 saturated heterocycles. The number of hydrogen-bond donors (Lipinski definition) is 2. The number of carbonyl (C=O) groups is 3. The summed E-state index contributed by atoms with van der Waals surface area (Å²) in [5.41, 5.74) is 1.48. The number of Topliss-reactive ketones (excluding diaryl/α,β-unsaturated/α-hetero) is 2. The van der Waals surface area contributed by atoms with Crippen LogP contribution < -0.4 is 10.6 Å². The summed E-state index contributed by atoms with van der Waals surface area (Å²) in [7, 11) is 0. The van der Waals surface area contributed by atoms with Crippen molar-refractivity contribution in [1.82, 2.24) is 9.97 Å². The highest BCUT2D eigenvalue weighted by Gasteiger charge is 2.31. The van der Waals surface area contributed by atoms with Crippen LogP contribution in [-0.2, 0) is 0 Å². The smallest absolute Gasteiger partial charge is 0.256 e. The lowest BCUT2D eigenvalue weighted by Crippen LogP contribution is -2.24. The van der Waals surface area contributed by atoms with Crippen LogP contribution in [0.4, 0.5) is 11.5 Å². The molecule has 1 heterocycles. The van der Waals surface area contributed by atoms with Crippen molar-refractivity contribution in [1.29, 1.82) is 0 Å². The van der Waals surface area contributed by atoms with Gasteiger partial charge < -0.3 is 10.6 Å². The lowest BCUT2D eigenvalue weighted by atomic mass is 9.92. The van der Waals surface area contributed by atoms with Gasteiger partial charge in [0.25, 0.3) is 5.91 Å². The Morgan fingerprint density at radius 2 is 1.59 bits per heavy atom. The summed E-state index contributed by atoms with van der Waals surface area (Å²) in [6, 6.07) is 12.9. The molecule has 1 amide bonds. The highest BCUT2D eigenvalue weighted by Crippen LogP contribution is 2.29. The van der Waals surface area contributed by atoms with Crippen molar-refractivity contribution in [2.24, 2.45) is 0 Å². The number of nitrogens with zero attached hydrogens (tertiary/aromatic N) is 2. The van der Waals surface area contributed by atoms with Gasteiger partial charge >= 0.3 is 0 Å². The van der Waals surface area contributed by atoms with E-state index in [0.717, 1.165) is 0 Å². The average Bonchev–Trinajstić information content (AvgIpc) is 2.76. The fraction of sp³-hybridized carbons (Fsp3) is 0. The highest BCUT2D eigenvalue weighted by molar-refractivity contribution is 6.50. The number of allylic oxidation sites excluding steroid dienone is 2. The van der Waals surface area contributed by atoms with E-state index in [2.05, 4.69) is 20.6 Å². The third kappa shape index (κ3) is 3.63. The standard InChI is InChI=1S/C21H13ClN4O3/c22-17-18(20(28)15-4-2-1-3-14(15)19(17)27)25-13-7-5-12(6-8-13)21(29)26-16-11-23-9-10-24-16/h1-11,25H,(H,24,26,29). The molecule has 0 atom stereocenters. The number of benzene rings is 2. The van der Waals surface area contributed by atoms with Crippen LogP contribution in [0, 0.1) is 0 Å². The minimum absolute atomic E-state index is 0.00660. The predicted molar refractivity (Wildman–Crippen MR) is 108 cm³/mol. The summed E-state index contributed by atoms with van der Waals surface area (Å²) in [4.78, 5) is 45.3. The fourth-order valence-electron chi connectivity index (χ4n) is 2.86. The van der Waals surface area contributed by atoms with E-state index in [1.807, 2.05) is 0 Å². The van der Waals surface area contributed by atoms with Gasteiger partial charge in [-0.05, 0) is 24.3 Å². The molecule has 0 aliphatic heterocycles. The molecule has 2 aromatic carbocycles. The molecule has 142 valence electrons. The zero-order chi connectivity index (χ0) is 20.4. The van der Waals surface area contributed by atoms with E-state index in [-0.39, 0.29) is 28.0 Å². The van der Waals surface area contributed by atoms with Crippen molar-refractivity contribution in [2.75, 3.05) is 10.6 Å². The van der Waals surface area contributed by atoms with E-state index >= 15 is 0 Å². The van der Waals surface area contributed by atoms with Crippen molar-refractivity contribution in [3.63, 3.8) is 0 Å². The van der Waals surface area contributed by atoms with Crippen molar-refractivity contribution in [3.05, 3.63) is 94.5 Å². The molecule has 8 heteroatoms. The third-order valence-corrected chi connectivity index (χ3v) is 4.64. The molecule has 0 saturated carbocycles. The molecule has 0 radical (unpaired) electrons. The third-order valence-electron chi connectivity index (χ3n) is 4.28. The summed E-state index contributed by atoms with van der Waals surface area (Å²) >= 11 is 6.15. The van der Waals surface area contributed by atoms with Crippen molar-refractivity contribution < 1.29 is 14.4 Å². The predicted octanol–water partition coefficient (Wildman–Crippen LogP) is 3.67. The minimum atomic E-state index is -0.413. The molecule has 0 fully saturated rings. The molecule has 4 rings (SSSR count). The summed E-state index contributed by atoms with van der Waals surface area (Å²) in [5, 5.41) is 5.35. The van der Waals surface area contributed by atoms with Crippen LogP contribution in [0.25, 0.3) is 0 Å². The first-order valence-corrected chi connectivity index (χ1v) is 8.95. The van der Waals surface area contributed by atoms with Gasteiger partial charge in [-0.15, -0.1) is 0 Å². The van der Waals surface area contributed by atoms with Gasteiger partial charge in [0.2, 0.25) is 11.6 Å². The van der Waals surface area contributed by atoms with E-state index in [1.54, 1.807) is 48.5 Å². The van der Waals surface area contributed by atoms with Crippen molar-refractivity contribution in [2.45, 2.75) is 0 Å². The lowest BCUT2D eigenvalue weighted by molar-refractivity contribution is 0.0982. The molecule has 3 aromatic rings. The maximum atomic E-state index is 12.7. The van der Waals surface area contributed by atoms with E-state index in [1.165, 1.54) is 18.6 Å². The number of halogens is 1. The Labute approximate surface area is 170 Å². The number of anilines is 2. The van der Waals surface area contributed by atoms with Gasteiger partial charge in [-0.25, -0.2) is 4.98 Å². The maximum absolute atomic E-state index is 12.7. The Balaban J connectivity index is 1.53. The number of hydrogen-bond acceptors (Lipinski definition) is 6. The first-order chi connectivity index (χ1) is 14.0. The molecule has 0 spiro atoms. The van der Waals surface area contributed by atoms with Crippen molar-refractivity contribution in [3.8, 4) is 0 Å². The normalized spacial score (nSPS) is 13.1. The molecule has 1 aromatic heterocycles. The van der Waals surface area contributed by atoms with E-state index < -0.39 is 5.78 Å². The minimum Gasteiger partial charge on any atom is -0.351 e. The highest BCUT2D eigenvalue weighted by atomic mass is 35.5. The van der Waals surface area contributed by atoms with Gasteiger partial charge in [-0.1, -0.05) is 35.9 Å². The zero-order valence-electron chi connectivity index (χ0n) is 14.8. The number of aromatic nitrogens is 2. The number of nitrogens with one attached hydrogen (secondary N) is 2. The largest absolute Gasteiger partial charge is 0.351 e. The Morgan fingerprint density at radius 3 is 2.24 bits per heavy atom. The molecule has 7 nitrogen and oxygen atoms in total. The van der Waals surface area contributed by atoms with Crippen LogP contribution in [0.1, 0.15) is 31.1 Å². The number of ketones is 2. The van der Waals surface area contributed by atoms with Crippen LogP contribution in [0.3, 0.4) is 0 Å². The quantitative estimate of drug-likeness (QED) is 0.688. The Morgan fingerprint density at radius 1 is 0.897 bits per heavy atom. The second-order valence-corrected chi connectivity index (χ2v) is 6.52. The second-order valence-electron chi connectivity index (χ2n) is 6.14. The lowest BCUT2D eigenvalue weighted by Gasteiger charge is -2.19. The van der Waals surface area contributed by atoms with Crippen LogP contribution in [0.15, 0.2) is 77.9 Å². The molecular weight excluding hydrogens is 392 g/mol. The van der Waals surface area contributed by atoms with Crippen LogP contribution in [0.5, 0.6) is 0 Å². The molecule has 29 heavy (non-hydrogen) atoms. The molecule has 0 bridgehead atoms. The van der Waals surface area contributed by atoms with Crippen LogP contribution >= 0.6 is 11.6 Å². The summed E-state index contributed by atoms with van der Waals surface area (Å²) in [6.07, 6.45) is 4.41. The average molecular weight is 405 g/mol. The molecular formula is C21H13ClN4O3. The fourth-order valence-corrected chi connectivity index (χ4v) is 3.09. The van der Waals surface area contributed by atoms with E-state index in [4.69, 9.17) is 11.6 Å². The summed E-state index contributed by atoms with van der Waals surface area (Å²) in [6.45, 7) is 0. The maximum Gasteiger partial charge on any atom is 0.256 e.